The molecule has 1 aliphatic rings. The summed E-state index contributed by atoms with van der Waals surface area (Å²) in [5, 5.41) is 4.62. The Labute approximate surface area is 295 Å². The molecule has 8 nitrogen and oxygen atoms in total. The van der Waals surface area contributed by atoms with Gasteiger partial charge in [0.05, 0.1) is 53.0 Å². The summed E-state index contributed by atoms with van der Waals surface area (Å²) in [4.78, 5) is 32.0. The minimum atomic E-state index is -3.07. The second-order valence-electron chi connectivity index (χ2n) is 12.3. The van der Waals surface area contributed by atoms with E-state index in [9.17, 15) is 27.2 Å². The van der Waals surface area contributed by atoms with Gasteiger partial charge in [0.1, 0.15) is 17.3 Å². The highest BCUT2D eigenvalue weighted by Crippen LogP contribution is 2.39. The van der Waals surface area contributed by atoms with Gasteiger partial charge in [0.15, 0.2) is 8.32 Å². The maximum absolute atomic E-state index is 14.9. The average Bonchev–Trinajstić information content (AvgIpc) is 3.52. The van der Waals surface area contributed by atoms with Crippen LogP contribution in [0.3, 0.4) is 0 Å². The molecule has 1 unspecified atom stereocenters. The Morgan fingerprint density at radius 2 is 1.55 bits per heavy atom. The van der Waals surface area contributed by atoms with Gasteiger partial charge in [-0.05, 0) is 68.4 Å². The number of hydrogen-bond acceptors (Lipinski definition) is 6. The number of carbonyl (C=O) groups excluding carboxylic acids is 2. The van der Waals surface area contributed by atoms with E-state index in [-0.39, 0.29) is 52.8 Å². The number of esters is 1. The lowest BCUT2D eigenvalue weighted by atomic mass is 9.86. The quantitative estimate of drug-likeness (QED) is 0.0876. The zero-order chi connectivity index (χ0) is 35.9. The van der Waals surface area contributed by atoms with Gasteiger partial charge in [-0.1, -0.05) is 44.0 Å². The van der Waals surface area contributed by atoms with Crippen molar-refractivity contribution in [3.05, 3.63) is 80.9 Å². The first-order valence-electron chi connectivity index (χ1n) is 16.6. The second kappa shape index (κ2) is 17.3. The third-order valence-corrected chi connectivity index (χ3v) is 14.7. The minimum Gasteiger partial charge on any atom is -0.466 e. The first kappa shape index (κ1) is 38.8. The van der Waals surface area contributed by atoms with Crippen LogP contribution in [0.25, 0.3) is 0 Å². The lowest BCUT2D eigenvalue weighted by molar-refractivity contribution is -0.149. The van der Waals surface area contributed by atoms with Crippen LogP contribution in [-0.4, -0.2) is 53.0 Å². The lowest BCUT2D eigenvalue weighted by Gasteiger charge is -2.37. The molecular formula is C34H42Cl2F4N4O4Si. The predicted molar refractivity (Wildman–Crippen MR) is 181 cm³/mol. The topological polar surface area (TPSA) is 86.6 Å². The summed E-state index contributed by atoms with van der Waals surface area (Å²) in [6.45, 7) is 7.47. The van der Waals surface area contributed by atoms with Gasteiger partial charge in [-0.15, -0.1) is 0 Å². The molecule has 0 bridgehead atoms. The van der Waals surface area contributed by atoms with Crippen molar-refractivity contribution in [2.75, 3.05) is 13.2 Å². The first-order chi connectivity index (χ1) is 23.4. The number of carbonyl (C=O) groups is 2. The number of rotatable bonds is 15. The fourth-order valence-electron chi connectivity index (χ4n) is 6.59. The Bertz CT molecular complexity index is 1550. The summed E-state index contributed by atoms with van der Waals surface area (Å²) in [5.74, 6) is -3.20. The number of aromatic nitrogens is 3. The van der Waals surface area contributed by atoms with Crippen LogP contribution in [0.5, 0.6) is 0 Å². The molecule has 0 spiro atoms. The molecule has 1 aliphatic carbocycles. The van der Waals surface area contributed by atoms with Crippen molar-refractivity contribution in [3.63, 3.8) is 0 Å². The van der Waals surface area contributed by atoms with E-state index in [0.29, 0.717) is 37.3 Å². The van der Waals surface area contributed by atoms with Crippen molar-refractivity contribution in [1.29, 1.82) is 0 Å². The molecule has 0 N–H and O–H groups in total. The fraction of sp³-hybridized carbons (Fsp3) is 0.529. The number of amides is 1. The van der Waals surface area contributed by atoms with E-state index in [0.717, 1.165) is 36.5 Å². The van der Waals surface area contributed by atoms with Gasteiger partial charge in [0.2, 0.25) is 0 Å². The van der Waals surface area contributed by atoms with Crippen molar-refractivity contribution in [2.24, 2.45) is 5.92 Å². The summed E-state index contributed by atoms with van der Waals surface area (Å²) >= 11 is 13.2. The zero-order valence-corrected chi connectivity index (χ0v) is 30.5. The second-order valence-corrected chi connectivity index (χ2v) is 17.8. The Kier molecular flexibility index (Phi) is 13.7. The molecule has 0 radical (unpaired) electrons. The van der Waals surface area contributed by atoms with E-state index in [1.54, 1.807) is 6.92 Å². The standard InChI is InChI=1S/C34H42Cl2F4N4O4Si/c1-5-47-34(46)22-9-11-25(12-10-22)44-31(32(39)40)26(16-42-44)33(45)43(19-21-13-23(37)15-24(38)14-21)20-29(48-49(6-2,7-3)8-4)30-27(35)17-41-18-28(30)36/h13-18,22,25,29,32H,5-12,19-20H2,1-4H3. The summed E-state index contributed by atoms with van der Waals surface area (Å²) < 4.78 is 71.6. The number of benzene rings is 1. The maximum atomic E-state index is 14.9. The molecule has 4 rings (SSSR count). The van der Waals surface area contributed by atoms with Crippen molar-refractivity contribution in [2.45, 2.75) is 96.6 Å². The third kappa shape index (κ3) is 9.22. The largest absolute Gasteiger partial charge is 0.466 e. The molecule has 49 heavy (non-hydrogen) atoms. The van der Waals surface area contributed by atoms with Crippen molar-refractivity contribution in [3.8, 4) is 0 Å². The van der Waals surface area contributed by atoms with E-state index in [4.69, 9.17) is 32.4 Å². The fourth-order valence-corrected chi connectivity index (χ4v) is 10.00. The molecule has 2 heterocycles. The van der Waals surface area contributed by atoms with E-state index in [2.05, 4.69) is 10.1 Å². The molecule has 1 amide bonds. The Morgan fingerprint density at radius 3 is 2.08 bits per heavy atom. The van der Waals surface area contributed by atoms with Crippen LogP contribution in [0, 0.1) is 17.6 Å². The van der Waals surface area contributed by atoms with Crippen LogP contribution in [0.2, 0.25) is 28.2 Å². The Balaban J connectivity index is 1.77. The van der Waals surface area contributed by atoms with Gasteiger partial charge < -0.3 is 14.1 Å². The zero-order valence-electron chi connectivity index (χ0n) is 28.0. The lowest BCUT2D eigenvalue weighted by Crippen LogP contribution is -2.42. The van der Waals surface area contributed by atoms with E-state index in [1.807, 2.05) is 20.8 Å². The van der Waals surface area contributed by atoms with E-state index < -0.39 is 50.1 Å². The van der Waals surface area contributed by atoms with Gasteiger partial charge in [-0.2, -0.15) is 5.10 Å². The SMILES string of the molecule is CCOC(=O)C1CCC(n2ncc(C(=O)N(Cc3cc(F)cc(F)c3)CC(O[Si](CC)(CC)CC)c3c(Cl)cncc3Cl)c2C(F)F)CC1. The van der Waals surface area contributed by atoms with Crippen molar-refractivity contribution < 1.29 is 36.3 Å². The van der Waals surface area contributed by atoms with Crippen molar-refractivity contribution in [1.82, 2.24) is 19.7 Å². The van der Waals surface area contributed by atoms with Crippen LogP contribution in [-0.2, 0) is 20.5 Å². The molecule has 2 aromatic heterocycles. The van der Waals surface area contributed by atoms with Gasteiger partial charge in [-0.25, -0.2) is 17.6 Å². The summed E-state index contributed by atoms with van der Waals surface area (Å²) in [6.07, 6.45) is 1.54. The molecule has 0 saturated heterocycles. The van der Waals surface area contributed by atoms with Gasteiger partial charge in [-0.3, -0.25) is 19.3 Å². The highest BCUT2D eigenvalue weighted by Gasteiger charge is 2.38. The maximum Gasteiger partial charge on any atom is 0.308 e. The van der Waals surface area contributed by atoms with Gasteiger partial charge in [0, 0.05) is 30.6 Å². The van der Waals surface area contributed by atoms with Crippen LogP contribution in [0.1, 0.15) is 99.1 Å². The van der Waals surface area contributed by atoms with Crippen LogP contribution >= 0.6 is 23.2 Å². The van der Waals surface area contributed by atoms with Gasteiger partial charge in [0.25, 0.3) is 12.3 Å². The molecule has 1 fully saturated rings. The average molecular weight is 746 g/mol. The number of hydrogen-bond donors (Lipinski definition) is 0. The highest BCUT2D eigenvalue weighted by molar-refractivity contribution is 6.73. The molecular weight excluding hydrogens is 703 g/mol. The van der Waals surface area contributed by atoms with E-state index >= 15 is 0 Å². The number of pyridine rings is 1. The normalized spacial score (nSPS) is 17.3. The van der Waals surface area contributed by atoms with Crippen LogP contribution < -0.4 is 0 Å². The van der Waals surface area contributed by atoms with Crippen LogP contribution in [0.4, 0.5) is 17.6 Å². The molecule has 15 heteroatoms. The molecule has 1 saturated carbocycles. The molecule has 3 aromatic rings. The number of nitrogens with zero attached hydrogens (tertiary/aromatic N) is 4. The number of halogens is 6. The predicted octanol–water partition coefficient (Wildman–Crippen LogP) is 9.50. The summed E-state index contributed by atoms with van der Waals surface area (Å²) in [5.41, 5.74) is -0.450. The third-order valence-electron chi connectivity index (χ3n) is 9.44. The molecule has 268 valence electrons. The molecule has 1 atom stereocenters. The summed E-state index contributed by atoms with van der Waals surface area (Å²) in [6, 6.07) is 4.60. The molecule has 0 aliphatic heterocycles. The number of ether oxygens (including phenoxy) is 1. The first-order valence-corrected chi connectivity index (χ1v) is 19.9. The smallest absolute Gasteiger partial charge is 0.308 e. The molecule has 1 aromatic carbocycles. The Morgan fingerprint density at radius 1 is 0.959 bits per heavy atom. The Hall–Kier alpha value is -3.00. The number of alkyl halides is 2. The monoisotopic (exact) mass is 744 g/mol. The van der Waals surface area contributed by atoms with Crippen LogP contribution in [0.15, 0.2) is 36.8 Å². The summed E-state index contributed by atoms with van der Waals surface area (Å²) in [7, 11) is -2.43. The van der Waals surface area contributed by atoms with E-state index in [1.165, 1.54) is 22.0 Å². The van der Waals surface area contributed by atoms with Gasteiger partial charge >= 0.3 is 5.97 Å². The van der Waals surface area contributed by atoms with Crippen molar-refractivity contribution >= 4 is 43.4 Å². The minimum absolute atomic E-state index is 0.102. The highest BCUT2D eigenvalue weighted by atomic mass is 35.5.